The van der Waals surface area contributed by atoms with Gasteiger partial charge in [0.2, 0.25) is 10.0 Å². The average molecular weight is 367 g/mol. The van der Waals surface area contributed by atoms with Crippen molar-refractivity contribution in [2.45, 2.75) is 13.3 Å². The number of sulfonamides is 1. The van der Waals surface area contributed by atoms with Crippen molar-refractivity contribution >= 4 is 27.2 Å². The van der Waals surface area contributed by atoms with Crippen LogP contribution in [0.15, 0.2) is 72.9 Å². The van der Waals surface area contributed by atoms with Gasteiger partial charge >= 0.3 is 0 Å². The maximum absolute atomic E-state index is 12.2. The number of benzene rings is 2. The molecular formula is C20H21N3O2S. The summed E-state index contributed by atoms with van der Waals surface area (Å²) < 4.78 is 27.0. The second-order valence-corrected chi connectivity index (χ2v) is 7.92. The molecule has 0 radical (unpaired) electrons. The number of nitrogens with zero attached hydrogens (tertiary/aromatic N) is 1. The summed E-state index contributed by atoms with van der Waals surface area (Å²) in [6.45, 7) is 2.02. The van der Waals surface area contributed by atoms with E-state index < -0.39 is 10.0 Å². The van der Waals surface area contributed by atoms with Crippen molar-refractivity contribution < 1.29 is 8.42 Å². The van der Waals surface area contributed by atoms with Gasteiger partial charge in [0.1, 0.15) is 5.82 Å². The molecule has 0 atom stereocenters. The van der Waals surface area contributed by atoms with Gasteiger partial charge in [-0.05, 0) is 48.7 Å². The van der Waals surface area contributed by atoms with E-state index >= 15 is 0 Å². The fourth-order valence-corrected chi connectivity index (χ4v) is 3.61. The van der Waals surface area contributed by atoms with Gasteiger partial charge in [-0.15, -0.1) is 0 Å². The largest absolute Gasteiger partial charge is 0.340 e. The Labute approximate surface area is 154 Å². The van der Waals surface area contributed by atoms with E-state index in [1.54, 1.807) is 12.1 Å². The third-order valence-electron chi connectivity index (χ3n) is 3.83. The second kappa shape index (κ2) is 8.01. The van der Waals surface area contributed by atoms with Crippen LogP contribution >= 0.6 is 0 Å². The van der Waals surface area contributed by atoms with Crippen molar-refractivity contribution in [2.75, 3.05) is 15.8 Å². The Bertz CT molecular complexity index is 956. The standard InChI is InChI=1S/C20H21N3O2S/c1-16-6-5-9-18(14-16)22-20-11-10-19(15-21-20)23-26(24,25)13-12-17-7-3-2-4-8-17/h2-11,14-15,23H,12-13H2,1H3,(H,21,22). The zero-order chi connectivity index (χ0) is 18.4. The van der Waals surface area contributed by atoms with Crippen LogP contribution in [0.5, 0.6) is 0 Å². The quantitative estimate of drug-likeness (QED) is 0.659. The first-order valence-electron chi connectivity index (χ1n) is 8.34. The molecule has 6 heteroatoms. The van der Waals surface area contributed by atoms with Crippen molar-refractivity contribution in [3.05, 3.63) is 84.1 Å². The smallest absolute Gasteiger partial charge is 0.233 e. The van der Waals surface area contributed by atoms with Crippen molar-refractivity contribution in [3.63, 3.8) is 0 Å². The number of rotatable bonds is 7. The molecule has 0 fully saturated rings. The topological polar surface area (TPSA) is 71.1 Å². The predicted octanol–water partition coefficient (Wildman–Crippen LogP) is 4.12. The fourth-order valence-electron chi connectivity index (χ4n) is 2.53. The molecule has 0 aliphatic carbocycles. The van der Waals surface area contributed by atoms with Crippen LogP contribution < -0.4 is 10.0 Å². The SMILES string of the molecule is Cc1cccc(Nc2ccc(NS(=O)(=O)CCc3ccccc3)cn2)c1. The lowest BCUT2D eigenvalue weighted by molar-refractivity contribution is 0.600. The minimum absolute atomic E-state index is 0.0281. The molecule has 3 aromatic rings. The number of pyridine rings is 1. The Morgan fingerprint density at radius 1 is 0.923 bits per heavy atom. The molecule has 5 nitrogen and oxygen atoms in total. The van der Waals surface area contributed by atoms with Crippen LogP contribution in [0.4, 0.5) is 17.2 Å². The van der Waals surface area contributed by atoms with Gasteiger partial charge in [0.05, 0.1) is 17.6 Å². The lowest BCUT2D eigenvalue weighted by Gasteiger charge is -2.10. The van der Waals surface area contributed by atoms with Crippen molar-refractivity contribution in [2.24, 2.45) is 0 Å². The molecule has 1 aromatic heterocycles. The van der Waals surface area contributed by atoms with Crippen LogP contribution in [0, 0.1) is 6.92 Å². The van der Waals surface area contributed by atoms with Crippen LogP contribution in [0.25, 0.3) is 0 Å². The average Bonchev–Trinajstić information content (AvgIpc) is 2.63. The van der Waals surface area contributed by atoms with E-state index in [4.69, 9.17) is 0 Å². The number of aryl methyl sites for hydroxylation is 2. The molecule has 0 bridgehead atoms. The van der Waals surface area contributed by atoms with Crippen molar-refractivity contribution in [1.82, 2.24) is 4.98 Å². The van der Waals surface area contributed by atoms with Gasteiger partial charge in [-0.2, -0.15) is 0 Å². The second-order valence-electron chi connectivity index (χ2n) is 6.08. The van der Waals surface area contributed by atoms with Crippen molar-refractivity contribution in [3.8, 4) is 0 Å². The molecule has 0 aliphatic rings. The highest BCUT2D eigenvalue weighted by Crippen LogP contribution is 2.18. The molecule has 0 amide bonds. The Morgan fingerprint density at radius 2 is 1.73 bits per heavy atom. The summed E-state index contributed by atoms with van der Waals surface area (Å²) in [7, 11) is -3.42. The number of nitrogens with one attached hydrogen (secondary N) is 2. The highest BCUT2D eigenvalue weighted by Gasteiger charge is 2.11. The van der Waals surface area contributed by atoms with Gasteiger partial charge in [-0.3, -0.25) is 4.72 Å². The summed E-state index contributed by atoms with van der Waals surface area (Å²) >= 11 is 0. The highest BCUT2D eigenvalue weighted by molar-refractivity contribution is 7.92. The summed E-state index contributed by atoms with van der Waals surface area (Å²) in [5, 5.41) is 3.19. The Kier molecular flexibility index (Phi) is 5.53. The first-order valence-corrected chi connectivity index (χ1v) is 10.00. The predicted molar refractivity (Wildman–Crippen MR) is 106 cm³/mol. The summed E-state index contributed by atoms with van der Waals surface area (Å²) in [5.74, 6) is 0.683. The maximum atomic E-state index is 12.2. The molecule has 2 N–H and O–H groups in total. The molecule has 3 rings (SSSR count). The molecule has 0 aliphatic heterocycles. The van der Waals surface area contributed by atoms with E-state index in [1.807, 2.05) is 61.5 Å². The van der Waals surface area contributed by atoms with E-state index in [0.29, 0.717) is 17.9 Å². The Morgan fingerprint density at radius 3 is 2.42 bits per heavy atom. The molecule has 0 saturated carbocycles. The minimum Gasteiger partial charge on any atom is -0.340 e. The summed E-state index contributed by atoms with van der Waals surface area (Å²) in [4.78, 5) is 4.27. The highest BCUT2D eigenvalue weighted by atomic mass is 32.2. The molecule has 0 spiro atoms. The number of hydrogen-bond donors (Lipinski definition) is 2. The van der Waals surface area contributed by atoms with E-state index in [2.05, 4.69) is 15.0 Å². The minimum atomic E-state index is -3.42. The number of hydrogen-bond acceptors (Lipinski definition) is 4. The lowest BCUT2D eigenvalue weighted by atomic mass is 10.2. The van der Waals surface area contributed by atoms with Crippen LogP contribution in [-0.4, -0.2) is 19.2 Å². The van der Waals surface area contributed by atoms with Crippen LogP contribution in [0.3, 0.4) is 0 Å². The summed E-state index contributed by atoms with van der Waals surface area (Å²) in [6, 6.07) is 21.0. The fraction of sp³-hybridized carbons (Fsp3) is 0.150. The summed E-state index contributed by atoms with van der Waals surface area (Å²) in [5.41, 5.74) is 3.54. The van der Waals surface area contributed by atoms with Crippen LogP contribution in [0.2, 0.25) is 0 Å². The lowest BCUT2D eigenvalue weighted by Crippen LogP contribution is -2.18. The normalized spacial score (nSPS) is 11.1. The van der Waals surface area contributed by atoms with Crippen LogP contribution in [0.1, 0.15) is 11.1 Å². The van der Waals surface area contributed by atoms with Gasteiger partial charge in [0, 0.05) is 5.69 Å². The molecule has 0 saturated heterocycles. The molecule has 2 aromatic carbocycles. The Hall–Kier alpha value is -2.86. The van der Waals surface area contributed by atoms with Crippen molar-refractivity contribution in [1.29, 1.82) is 0 Å². The first-order chi connectivity index (χ1) is 12.5. The van der Waals surface area contributed by atoms with E-state index in [-0.39, 0.29) is 5.75 Å². The van der Waals surface area contributed by atoms with Crippen LogP contribution in [-0.2, 0) is 16.4 Å². The van der Waals surface area contributed by atoms with Gasteiger partial charge in [-0.25, -0.2) is 13.4 Å². The molecule has 134 valence electrons. The van der Waals surface area contributed by atoms with E-state index in [1.165, 1.54) is 6.20 Å². The third-order valence-corrected chi connectivity index (χ3v) is 5.12. The first kappa shape index (κ1) is 17.9. The van der Waals surface area contributed by atoms with Gasteiger partial charge in [0.25, 0.3) is 0 Å². The number of aromatic nitrogens is 1. The molecule has 26 heavy (non-hydrogen) atoms. The Balaban J connectivity index is 1.59. The van der Waals surface area contributed by atoms with Gasteiger partial charge in [0.15, 0.2) is 0 Å². The van der Waals surface area contributed by atoms with Gasteiger partial charge < -0.3 is 5.32 Å². The van der Waals surface area contributed by atoms with E-state index in [0.717, 1.165) is 16.8 Å². The zero-order valence-corrected chi connectivity index (χ0v) is 15.3. The molecule has 0 unspecified atom stereocenters. The number of anilines is 3. The third kappa shape index (κ3) is 5.32. The summed E-state index contributed by atoms with van der Waals surface area (Å²) in [6.07, 6.45) is 1.98. The van der Waals surface area contributed by atoms with E-state index in [9.17, 15) is 8.42 Å². The molecule has 1 heterocycles. The molecular weight excluding hydrogens is 346 g/mol. The monoisotopic (exact) mass is 367 g/mol. The van der Waals surface area contributed by atoms with Gasteiger partial charge in [-0.1, -0.05) is 42.5 Å². The zero-order valence-electron chi connectivity index (χ0n) is 14.5. The maximum Gasteiger partial charge on any atom is 0.233 e.